The van der Waals surface area contributed by atoms with E-state index in [1.807, 2.05) is 18.7 Å². The van der Waals surface area contributed by atoms with Crippen molar-refractivity contribution in [2.45, 2.75) is 33.1 Å². The summed E-state index contributed by atoms with van der Waals surface area (Å²) in [4.78, 5) is 25.8. The van der Waals surface area contributed by atoms with E-state index in [1.165, 1.54) is 0 Å². The fourth-order valence-corrected chi connectivity index (χ4v) is 3.74. The molecule has 3 rings (SSSR count). The first-order chi connectivity index (χ1) is 10.6. The first-order valence-corrected chi connectivity index (χ1v) is 8.01. The normalized spacial score (nSPS) is 25.3. The molecule has 0 bridgehead atoms. The van der Waals surface area contributed by atoms with Gasteiger partial charge < -0.3 is 14.9 Å². The highest BCUT2D eigenvalue weighted by atomic mass is 16.3. The zero-order valence-corrected chi connectivity index (χ0v) is 13.4. The predicted octanol–water partition coefficient (Wildman–Crippen LogP) is 0.905. The molecule has 1 amide bonds. The lowest BCUT2D eigenvalue weighted by molar-refractivity contribution is -0.145. The SMILES string of the molecule is Cc1cnc(C)c(N2CC[C@]3(CCCN(CCO)C3=O)C2)n1. The Morgan fingerprint density at radius 1 is 1.32 bits per heavy atom. The summed E-state index contributed by atoms with van der Waals surface area (Å²) in [5.41, 5.74) is 1.52. The third kappa shape index (κ3) is 2.56. The van der Waals surface area contributed by atoms with Crippen LogP contribution in [0.15, 0.2) is 6.20 Å². The Morgan fingerprint density at radius 2 is 2.14 bits per heavy atom. The van der Waals surface area contributed by atoms with Crippen molar-refractivity contribution in [1.82, 2.24) is 14.9 Å². The third-order valence-corrected chi connectivity index (χ3v) is 4.90. The molecule has 1 aromatic heterocycles. The van der Waals surface area contributed by atoms with Crippen molar-refractivity contribution in [3.8, 4) is 0 Å². The number of likely N-dealkylation sites (tertiary alicyclic amines) is 1. The van der Waals surface area contributed by atoms with Crippen LogP contribution in [0.2, 0.25) is 0 Å². The van der Waals surface area contributed by atoms with E-state index in [9.17, 15) is 4.79 Å². The highest BCUT2D eigenvalue weighted by Gasteiger charge is 2.48. The molecule has 0 aliphatic carbocycles. The molecular formula is C16H24N4O2. The van der Waals surface area contributed by atoms with Gasteiger partial charge in [-0.05, 0) is 33.1 Å². The van der Waals surface area contributed by atoms with E-state index < -0.39 is 0 Å². The van der Waals surface area contributed by atoms with Crippen LogP contribution < -0.4 is 4.90 Å². The maximum Gasteiger partial charge on any atom is 0.230 e. The van der Waals surface area contributed by atoms with Gasteiger partial charge in [-0.25, -0.2) is 4.98 Å². The zero-order valence-electron chi connectivity index (χ0n) is 13.4. The average Bonchev–Trinajstić information content (AvgIpc) is 2.92. The van der Waals surface area contributed by atoms with Crippen molar-refractivity contribution in [2.75, 3.05) is 37.7 Å². The fraction of sp³-hybridized carbons (Fsp3) is 0.688. The summed E-state index contributed by atoms with van der Waals surface area (Å²) < 4.78 is 0. The maximum atomic E-state index is 12.8. The van der Waals surface area contributed by atoms with E-state index in [0.717, 1.165) is 49.6 Å². The number of rotatable bonds is 3. The predicted molar refractivity (Wildman–Crippen MR) is 83.7 cm³/mol. The second-order valence-electron chi connectivity index (χ2n) is 6.49. The van der Waals surface area contributed by atoms with Gasteiger partial charge in [-0.1, -0.05) is 0 Å². The van der Waals surface area contributed by atoms with Crippen LogP contribution in [0.25, 0.3) is 0 Å². The number of aliphatic hydroxyl groups is 1. The van der Waals surface area contributed by atoms with Gasteiger partial charge in [0.2, 0.25) is 5.91 Å². The summed E-state index contributed by atoms with van der Waals surface area (Å²) in [6.45, 7) is 6.72. The molecule has 2 fully saturated rings. The van der Waals surface area contributed by atoms with E-state index in [2.05, 4.69) is 14.9 Å². The molecule has 2 aliphatic heterocycles. The Morgan fingerprint density at radius 3 is 2.91 bits per heavy atom. The molecule has 1 atom stereocenters. The van der Waals surface area contributed by atoms with Crippen molar-refractivity contribution in [2.24, 2.45) is 5.41 Å². The molecular weight excluding hydrogens is 280 g/mol. The van der Waals surface area contributed by atoms with Gasteiger partial charge in [-0.2, -0.15) is 0 Å². The highest BCUT2D eigenvalue weighted by Crippen LogP contribution is 2.41. The summed E-state index contributed by atoms with van der Waals surface area (Å²) in [5, 5.41) is 9.14. The fourth-order valence-electron chi connectivity index (χ4n) is 3.74. The van der Waals surface area contributed by atoms with E-state index in [4.69, 9.17) is 5.11 Å². The quantitative estimate of drug-likeness (QED) is 0.898. The highest BCUT2D eigenvalue weighted by molar-refractivity contribution is 5.85. The zero-order chi connectivity index (χ0) is 15.7. The van der Waals surface area contributed by atoms with Gasteiger partial charge in [0.15, 0.2) is 0 Å². The largest absolute Gasteiger partial charge is 0.395 e. The van der Waals surface area contributed by atoms with Gasteiger partial charge in [0.25, 0.3) is 0 Å². The number of carbonyl (C=O) groups excluding carboxylic acids is 1. The minimum absolute atomic E-state index is 0.0357. The first kappa shape index (κ1) is 15.2. The lowest BCUT2D eigenvalue weighted by atomic mass is 9.78. The monoisotopic (exact) mass is 304 g/mol. The van der Waals surface area contributed by atoms with Crippen LogP contribution in [0.1, 0.15) is 30.7 Å². The number of anilines is 1. The van der Waals surface area contributed by atoms with Crippen LogP contribution in [0.4, 0.5) is 5.82 Å². The number of nitrogens with zero attached hydrogens (tertiary/aromatic N) is 4. The van der Waals surface area contributed by atoms with E-state index in [-0.39, 0.29) is 17.9 Å². The number of piperidine rings is 1. The number of amides is 1. The Balaban J connectivity index is 1.81. The number of hydrogen-bond acceptors (Lipinski definition) is 5. The molecule has 1 spiro atoms. The first-order valence-electron chi connectivity index (χ1n) is 8.01. The molecule has 1 N–H and O–H groups in total. The van der Waals surface area contributed by atoms with Gasteiger partial charge in [-0.3, -0.25) is 9.78 Å². The van der Waals surface area contributed by atoms with Crippen molar-refractivity contribution in [3.63, 3.8) is 0 Å². The van der Waals surface area contributed by atoms with Crippen LogP contribution in [-0.2, 0) is 4.79 Å². The summed E-state index contributed by atoms with van der Waals surface area (Å²) in [6, 6.07) is 0. The molecule has 0 radical (unpaired) electrons. The van der Waals surface area contributed by atoms with E-state index >= 15 is 0 Å². The molecule has 2 aliphatic rings. The van der Waals surface area contributed by atoms with Crippen molar-refractivity contribution < 1.29 is 9.90 Å². The number of hydrogen-bond donors (Lipinski definition) is 1. The second-order valence-corrected chi connectivity index (χ2v) is 6.49. The molecule has 22 heavy (non-hydrogen) atoms. The summed E-state index contributed by atoms with van der Waals surface area (Å²) >= 11 is 0. The molecule has 0 unspecified atom stereocenters. The lowest BCUT2D eigenvalue weighted by Crippen LogP contribution is -2.50. The second kappa shape index (κ2) is 5.83. The van der Waals surface area contributed by atoms with Crippen LogP contribution >= 0.6 is 0 Å². The number of β-amino-alcohol motifs (C(OH)–C–C–N with tert-alkyl or cyclic N) is 1. The molecule has 1 aromatic rings. The van der Waals surface area contributed by atoms with Gasteiger partial charge in [0.1, 0.15) is 5.82 Å². The van der Waals surface area contributed by atoms with E-state index in [0.29, 0.717) is 13.1 Å². The number of aliphatic hydroxyl groups excluding tert-OH is 1. The van der Waals surface area contributed by atoms with Crippen molar-refractivity contribution in [3.05, 3.63) is 17.6 Å². The van der Waals surface area contributed by atoms with E-state index in [1.54, 1.807) is 6.20 Å². The summed E-state index contributed by atoms with van der Waals surface area (Å²) in [7, 11) is 0. The molecule has 2 saturated heterocycles. The third-order valence-electron chi connectivity index (χ3n) is 4.90. The Kier molecular flexibility index (Phi) is 4.04. The van der Waals surface area contributed by atoms with Crippen molar-refractivity contribution >= 4 is 11.7 Å². The topological polar surface area (TPSA) is 69.6 Å². The number of carbonyl (C=O) groups is 1. The van der Waals surface area contributed by atoms with Crippen LogP contribution in [0.5, 0.6) is 0 Å². The Hall–Kier alpha value is -1.69. The number of aromatic nitrogens is 2. The lowest BCUT2D eigenvalue weighted by Gasteiger charge is -2.39. The summed E-state index contributed by atoms with van der Waals surface area (Å²) in [6.07, 6.45) is 4.59. The maximum absolute atomic E-state index is 12.8. The van der Waals surface area contributed by atoms with Crippen LogP contribution in [-0.4, -0.2) is 58.7 Å². The minimum Gasteiger partial charge on any atom is -0.395 e. The average molecular weight is 304 g/mol. The minimum atomic E-state index is -0.300. The molecule has 6 heteroatoms. The Bertz CT molecular complexity index is 575. The number of aryl methyl sites for hydroxylation is 2. The standard InChI is InChI=1S/C16H24N4O2/c1-12-10-17-13(2)14(18-12)20-7-5-16(11-20)4-3-6-19(8-9-21)15(16)22/h10,21H,3-9,11H2,1-2H3/t16-/m1/s1. The summed E-state index contributed by atoms with van der Waals surface area (Å²) in [5.74, 6) is 1.11. The van der Waals surface area contributed by atoms with Crippen LogP contribution in [0, 0.1) is 19.3 Å². The Labute approximate surface area is 131 Å². The molecule has 120 valence electrons. The van der Waals surface area contributed by atoms with Crippen LogP contribution in [0.3, 0.4) is 0 Å². The van der Waals surface area contributed by atoms with Gasteiger partial charge >= 0.3 is 0 Å². The van der Waals surface area contributed by atoms with Gasteiger partial charge in [0.05, 0.1) is 23.4 Å². The van der Waals surface area contributed by atoms with Crippen molar-refractivity contribution in [1.29, 1.82) is 0 Å². The smallest absolute Gasteiger partial charge is 0.230 e. The molecule has 3 heterocycles. The van der Waals surface area contributed by atoms with Gasteiger partial charge in [0, 0.05) is 32.4 Å². The molecule has 6 nitrogen and oxygen atoms in total. The molecule has 0 aromatic carbocycles. The van der Waals surface area contributed by atoms with Gasteiger partial charge in [-0.15, -0.1) is 0 Å². The molecule has 0 saturated carbocycles.